The number of likely N-dealkylation sites (N-methyl/N-ethyl adjacent to an activating group) is 1. The van der Waals surface area contributed by atoms with E-state index in [0.29, 0.717) is 22.8 Å². The van der Waals surface area contributed by atoms with E-state index < -0.39 is 0 Å². The van der Waals surface area contributed by atoms with Crippen LogP contribution < -0.4 is 15.5 Å². The van der Waals surface area contributed by atoms with E-state index in [4.69, 9.17) is 0 Å². The summed E-state index contributed by atoms with van der Waals surface area (Å²) in [6, 6.07) is 16.8. The van der Waals surface area contributed by atoms with Gasteiger partial charge in [-0.05, 0) is 56.3 Å². The second-order valence-electron chi connectivity index (χ2n) is 9.61. The summed E-state index contributed by atoms with van der Waals surface area (Å²) >= 11 is 0. The number of piperazine rings is 1. The predicted octanol–water partition coefficient (Wildman–Crippen LogP) is 3.14. The number of hydrogen-bond donors (Lipinski definition) is 2. The Morgan fingerprint density at radius 2 is 1.70 bits per heavy atom. The molecule has 0 atom stereocenters. The fourth-order valence-corrected chi connectivity index (χ4v) is 4.41. The number of nitrogens with zero attached hydrogens (tertiary/aromatic N) is 6. The van der Waals surface area contributed by atoms with Crippen LogP contribution in [0.5, 0.6) is 0 Å². The molecule has 1 aliphatic carbocycles. The fourth-order valence-electron chi connectivity index (χ4n) is 4.41. The lowest BCUT2D eigenvalue weighted by atomic mass is 10.1. The van der Waals surface area contributed by atoms with Gasteiger partial charge in [-0.15, -0.1) is 5.10 Å². The number of fused-ring (bicyclic) bond motifs is 1. The molecule has 188 valence electrons. The van der Waals surface area contributed by atoms with Gasteiger partial charge in [0.2, 0.25) is 11.9 Å². The monoisotopic (exact) mass is 496 g/mol. The number of pyridine rings is 2. The standard InChI is InChI=1S/C27H28N8O2/c1-33-13-15-34(16-14-33)23-12-11-21(17-28-23)29-25(36)19-7-5-18(6-8-19)22-3-2-4-24-30-27(32-35(22)24)31-26(37)20-9-10-20/h2-8,11-12,17,20H,9-10,13-16H2,1H3,(H,29,36)(H,31,32,37). The van der Waals surface area contributed by atoms with Gasteiger partial charge in [-0.1, -0.05) is 18.2 Å². The number of benzene rings is 1. The van der Waals surface area contributed by atoms with E-state index in [1.54, 1.807) is 22.8 Å². The highest BCUT2D eigenvalue weighted by Gasteiger charge is 2.30. The van der Waals surface area contributed by atoms with Gasteiger partial charge in [-0.2, -0.15) is 4.98 Å². The van der Waals surface area contributed by atoms with Crippen molar-refractivity contribution < 1.29 is 9.59 Å². The minimum Gasteiger partial charge on any atom is -0.354 e. The second kappa shape index (κ2) is 9.62. The summed E-state index contributed by atoms with van der Waals surface area (Å²) in [4.78, 5) is 38.5. The summed E-state index contributed by atoms with van der Waals surface area (Å²) in [6.07, 6.45) is 3.54. The number of rotatable bonds is 6. The van der Waals surface area contributed by atoms with Gasteiger partial charge in [-0.25, -0.2) is 9.50 Å². The lowest BCUT2D eigenvalue weighted by Crippen LogP contribution is -2.44. The first-order valence-electron chi connectivity index (χ1n) is 12.5. The maximum Gasteiger partial charge on any atom is 0.255 e. The third-order valence-corrected chi connectivity index (χ3v) is 6.82. The number of carbonyl (C=O) groups is 2. The molecule has 0 spiro atoms. The van der Waals surface area contributed by atoms with Crippen LogP contribution in [0.2, 0.25) is 0 Å². The van der Waals surface area contributed by atoms with E-state index in [9.17, 15) is 9.59 Å². The van der Waals surface area contributed by atoms with E-state index in [2.05, 4.69) is 42.5 Å². The van der Waals surface area contributed by atoms with Gasteiger partial charge in [0.1, 0.15) is 5.82 Å². The van der Waals surface area contributed by atoms with Crippen LogP contribution >= 0.6 is 0 Å². The lowest BCUT2D eigenvalue weighted by Gasteiger charge is -2.33. The van der Waals surface area contributed by atoms with Crippen LogP contribution in [0.1, 0.15) is 23.2 Å². The van der Waals surface area contributed by atoms with Crippen molar-refractivity contribution in [1.29, 1.82) is 0 Å². The molecule has 1 saturated heterocycles. The van der Waals surface area contributed by atoms with Gasteiger partial charge in [0.25, 0.3) is 5.91 Å². The van der Waals surface area contributed by atoms with E-state index in [-0.39, 0.29) is 17.7 Å². The molecular formula is C27H28N8O2. The number of hydrogen-bond acceptors (Lipinski definition) is 7. The van der Waals surface area contributed by atoms with Crippen molar-refractivity contribution in [3.63, 3.8) is 0 Å². The zero-order valence-corrected chi connectivity index (χ0v) is 20.6. The summed E-state index contributed by atoms with van der Waals surface area (Å²) < 4.78 is 1.70. The van der Waals surface area contributed by atoms with Crippen LogP contribution in [0.3, 0.4) is 0 Å². The van der Waals surface area contributed by atoms with Crippen LogP contribution in [0.15, 0.2) is 60.8 Å². The highest BCUT2D eigenvalue weighted by molar-refractivity contribution is 6.04. The zero-order valence-electron chi connectivity index (χ0n) is 20.6. The summed E-state index contributed by atoms with van der Waals surface area (Å²) in [6.45, 7) is 3.92. The Kier molecular flexibility index (Phi) is 6.01. The van der Waals surface area contributed by atoms with Crippen molar-refractivity contribution in [2.75, 3.05) is 48.8 Å². The lowest BCUT2D eigenvalue weighted by molar-refractivity contribution is -0.117. The first kappa shape index (κ1) is 23.1. The quantitative estimate of drug-likeness (QED) is 0.422. The minimum absolute atomic E-state index is 0.0306. The molecule has 1 saturated carbocycles. The molecule has 1 aliphatic heterocycles. The number of aromatic nitrogens is 4. The van der Waals surface area contributed by atoms with Crippen LogP contribution in [0, 0.1) is 5.92 Å². The average Bonchev–Trinajstić information content (AvgIpc) is 3.69. The molecule has 37 heavy (non-hydrogen) atoms. The van der Waals surface area contributed by atoms with Crippen molar-refractivity contribution in [2.45, 2.75) is 12.8 Å². The molecular weight excluding hydrogens is 468 g/mol. The number of anilines is 3. The molecule has 0 bridgehead atoms. The van der Waals surface area contributed by atoms with Crippen molar-refractivity contribution >= 4 is 34.9 Å². The molecule has 6 rings (SSSR count). The molecule has 10 heteroatoms. The number of amides is 2. The van der Waals surface area contributed by atoms with Crippen molar-refractivity contribution in [3.05, 3.63) is 66.4 Å². The van der Waals surface area contributed by atoms with Gasteiger partial charge in [0, 0.05) is 43.2 Å². The smallest absolute Gasteiger partial charge is 0.255 e. The van der Waals surface area contributed by atoms with Gasteiger partial charge in [0.05, 0.1) is 17.6 Å². The second-order valence-corrected chi connectivity index (χ2v) is 9.61. The number of carbonyl (C=O) groups excluding carboxylic acids is 2. The number of nitrogens with one attached hydrogen (secondary N) is 2. The Morgan fingerprint density at radius 3 is 2.41 bits per heavy atom. The normalized spacial score (nSPS) is 16.1. The Hall–Kier alpha value is -4.31. The molecule has 4 aromatic rings. The highest BCUT2D eigenvalue weighted by Crippen LogP contribution is 2.30. The van der Waals surface area contributed by atoms with E-state index in [0.717, 1.165) is 56.1 Å². The van der Waals surface area contributed by atoms with Gasteiger partial charge < -0.3 is 15.1 Å². The molecule has 4 heterocycles. The fraction of sp³-hybridized carbons (Fsp3) is 0.296. The highest BCUT2D eigenvalue weighted by atomic mass is 16.2. The topological polar surface area (TPSA) is 108 Å². The van der Waals surface area contributed by atoms with Crippen LogP contribution in [-0.4, -0.2) is 69.5 Å². The largest absolute Gasteiger partial charge is 0.354 e. The maximum absolute atomic E-state index is 12.8. The average molecular weight is 497 g/mol. The van der Waals surface area contributed by atoms with Crippen LogP contribution in [-0.2, 0) is 4.79 Å². The van der Waals surface area contributed by atoms with Crippen molar-refractivity contribution in [1.82, 2.24) is 24.5 Å². The Balaban J connectivity index is 1.14. The van der Waals surface area contributed by atoms with Crippen molar-refractivity contribution in [3.8, 4) is 11.3 Å². The molecule has 2 N–H and O–H groups in total. The van der Waals surface area contributed by atoms with Crippen molar-refractivity contribution in [2.24, 2.45) is 5.92 Å². The van der Waals surface area contributed by atoms with E-state index >= 15 is 0 Å². The summed E-state index contributed by atoms with van der Waals surface area (Å²) in [5.41, 5.74) is 3.52. The SMILES string of the molecule is CN1CCN(c2ccc(NC(=O)c3ccc(-c4cccc5nc(NC(=O)C6CC6)nn45)cc3)cn2)CC1. The summed E-state index contributed by atoms with van der Waals surface area (Å²) in [5.74, 6) is 1.07. The molecule has 3 aromatic heterocycles. The molecule has 0 radical (unpaired) electrons. The molecule has 0 unspecified atom stereocenters. The molecule has 2 amide bonds. The summed E-state index contributed by atoms with van der Waals surface area (Å²) in [5, 5.41) is 10.2. The Labute approximate surface area is 214 Å². The van der Waals surface area contributed by atoms with Gasteiger partial charge >= 0.3 is 0 Å². The third-order valence-electron chi connectivity index (χ3n) is 6.82. The Morgan fingerprint density at radius 1 is 0.919 bits per heavy atom. The maximum atomic E-state index is 12.8. The van der Waals surface area contributed by atoms with Crippen LogP contribution in [0.4, 0.5) is 17.5 Å². The Bertz CT molecular complexity index is 1440. The zero-order chi connectivity index (χ0) is 25.4. The minimum atomic E-state index is -0.204. The molecule has 10 nitrogen and oxygen atoms in total. The predicted molar refractivity (Wildman–Crippen MR) is 142 cm³/mol. The molecule has 2 fully saturated rings. The van der Waals surface area contributed by atoms with E-state index in [1.165, 1.54) is 0 Å². The van der Waals surface area contributed by atoms with Crippen LogP contribution in [0.25, 0.3) is 16.9 Å². The van der Waals surface area contributed by atoms with Gasteiger partial charge in [0.15, 0.2) is 5.65 Å². The first-order chi connectivity index (χ1) is 18.0. The summed E-state index contributed by atoms with van der Waals surface area (Å²) in [7, 11) is 2.12. The molecule has 1 aromatic carbocycles. The first-order valence-corrected chi connectivity index (χ1v) is 12.5. The molecule has 2 aliphatic rings. The van der Waals surface area contributed by atoms with Gasteiger partial charge in [-0.3, -0.25) is 14.9 Å². The van der Waals surface area contributed by atoms with E-state index in [1.807, 2.05) is 42.5 Å². The third kappa shape index (κ3) is 5.01.